The van der Waals surface area contributed by atoms with Crippen LogP contribution in [0.5, 0.6) is 0 Å². The second-order valence-corrected chi connectivity index (χ2v) is 5.63. The summed E-state index contributed by atoms with van der Waals surface area (Å²) in [6.45, 7) is 1.79. The van der Waals surface area contributed by atoms with Gasteiger partial charge in [-0.3, -0.25) is 9.48 Å². The van der Waals surface area contributed by atoms with Gasteiger partial charge in [0.25, 0.3) is 0 Å². The van der Waals surface area contributed by atoms with Crippen molar-refractivity contribution in [3.05, 3.63) is 52.3 Å². The van der Waals surface area contributed by atoms with Crippen LogP contribution in [0.15, 0.2) is 30.3 Å². The molecule has 0 saturated heterocycles. The number of benzene rings is 1. The Morgan fingerprint density at radius 2 is 2.04 bits per heavy atom. The van der Waals surface area contributed by atoms with Crippen molar-refractivity contribution in [2.24, 2.45) is 7.05 Å². The first-order chi connectivity index (χ1) is 11.4. The number of carboxylic acid groups (broad SMARTS) is 1. The van der Waals surface area contributed by atoms with Crippen molar-refractivity contribution < 1.29 is 19.4 Å². The van der Waals surface area contributed by atoms with Gasteiger partial charge in [-0.1, -0.05) is 41.9 Å². The van der Waals surface area contributed by atoms with E-state index in [1.54, 1.807) is 14.0 Å². The molecule has 0 unspecified atom stereocenters. The minimum Gasteiger partial charge on any atom is -0.481 e. The third-order valence-corrected chi connectivity index (χ3v) is 3.88. The Morgan fingerprint density at radius 1 is 1.38 bits per heavy atom. The molecule has 0 bridgehead atoms. The van der Waals surface area contributed by atoms with Crippen molar-refractivity contribution in [2.45, 2.75) is 26.0 Å². The minimum absolute atomic E-state index is 0.0895. The summed E-state index contributed by atoms with van der Waals surface area (Å²) in [6, 6.07) is 8.35. The van der Waals surface area contributed by atoms with Gasteiger partial charge in [-0.2, -0.15) is 5.10 Å². The van der Waals surface area contributed by atoms with Gasteiger partial charge in [0.15, 0.2) is 0 Å². The molecule has 24 heavy (non-hydrogen) atoms. The van der Waals surface area contributed by atoms with Gasteiger partial charge in [0.2, 0.25) is 0 Å². The van der Waals surface area contributed by atoms with Gasteiger partial charge in [-0.05, 0) is 12.5 Å². The van der Waals surface area contributed by atoms with Gasteiger partial charge < -0.3 is 15.2 Å². The Balaban J connectivity index is 2.08. The quantitative estimate of drug-likeness (QED) is 0.834. The molecule has 0 aliphatic heterocycles. The van der Waals surface area contributed by atoms with Crippen LogP contribution >= 0.6 is 11.6 Å². The average molecular weight is 352 g/mol. The molecule has 1 amide bonds. The Labute approximate surface area is 144 Å². The second kappa shape index (κ2) is 7.83. The van der Waals surface area contributed by atoms with E-state index in [1.807, 2.05) is 30.3 Å². The van der Waals surface area contributed by atoms with Crippen molar-refractivity contribution in [3.63, 3.8) is 0 Å². The maximum absolute atomic E-state index is 12.0. The lowest BCUT2D eigenvalue weighted by atomic mass is 10.1. The molecular formula is C16H18ClN3O4. The van der Waals surface area contributed by atoms with Gasteiger partial charge >= 0.3 is 12.1 Å². The van der Waals surface area contributed by atoms with Crippen LogP contribution in [-0.2, 0) is 23.2 Å². The number of nitrogens with one attached hydrogen (secondary N) is 1. The van der Waals surface area contributed by atoms with E-state index in [9.17, 15) is 9.59 Å². The smallest absolute Gasteiger partial charge is 0.407 e. The number of aliphatic carboxylic acids is 1. The van der Waals surface area contributed by atoms with Crippen molar-refractivity contribution in [3.8, 4) is 0 Å². The number of hydrogen-bond donors (Lipinski definition) is 2. The summed E-state index contributed by atoms with van der Waals surface area (Å²) < 4.78 is 6.56. The third kappa shape index (κ3) is 4.48. The molecule has 0 saturated carbocycles. The maximum Gasteiger partial charge on any atom is 0.407 e. The number of carbonyl (C=O) groups is 2. The highest BCUT2D eigenvalue weighted by molar-refractivity contribution is 6.30. The number of carboxylic acids is 1. The van der Waals surface area contributed by atoms with Crippen molar-refractivity contribution in [1.29, 1.82) is 0 Å². The SMILES string of the molecule is Cc1nn(C)c(Cl)c1[C@H](CC(=O)O)NC(=O)OCc1ccccc1. The van der Waals surface area contributed by atoms with Gasteiger partial charge in [0.05, 0.1) is 18.2 Å². The molecule has 0 spiro atoms. The normalized spacial score (nSPS) is 11.8. The van der Waals surface area contributed by atoms with Crippen molar-refractivity contribution in [2.75, 3.05) is 0 Å². The number of aryl methyl sites for hydroxylation is 2. The predicted molar refractivity (Wildman–Crippen MR) is 87.7 cm³/mol. The number of nitrogens with zero attached hydrogens (tertiary/aromatic N) is 2. The molecule has 0 fully saturated rings. The van der Waals surface area contributed by atoms with Crippen molar-refractivity contribution >= 4 is 23.7 Å². The molecule has 0 aliphatic carbocycles. The molecule has 1 heterocycles. The van der Waals surface area contributed by atoms with Gasteiger partial charge in [0.1, 0.15) is 11.8 Å². The lowest BCUT2D eigenvalue weighted by Crippen LogP contribution is -2.31. The zero-order valence-electron chi connectivity index (χ0n) is 13.3. The molecule has 2 aromatic rings. The summed E-state index contributed by atoms with van der Waals surface area (Å²) in [5.41, 5.74) is 1.85. The fraction of sp³-hybridized carbons (Fsp3) is 0.312. The van der Waals surface area contributed by atoms with Crippen LogP contribution in [0.3, 0.4) is 0 Å². The molecule has 1 atom stereocenters. The number of alkyl carbamates (subject to hydrolysis) is 1. The summed E-state index contributed by atoms with van der Waals surface area (Å²) in [5.74, 6) is -1.07. The van der Waals surface area contributed by atoms with E-state index < -0.39 is 18.1 Å². The molecule has 1 aromatic carbocycles. The number of amides is 1. The van der Waals surface area contributed by atoms with E-state index in [4.69, 9.17) is 21.4 Å². The molecule has 0 aliphatic rings. The van der Waals surface area contributed by atoms with Crippen LogP contribution in [0.1, 0.15) is 29.3 Å². The zero-order valence-corrected chi connectivity index (χ0v) is 14.1. The van der Waals surface area contributed by atoms with Gasteiger partial charge in [0, 0.05) is 12.6 Å². The zero-order chi connectivity index (χ0) is 17.7. The number of halogens is 1. The number of ether oxygens (including phenoxy) is 1. The van der Waals surface area contributed by atoms with Crippen LogP contribution in [0, 0.1) is 6.92 Å². The summed E-state index contributed by atoms with van der Waals surface area (Å²) >= 11 is 6.16. The van der Waals surface area contributed by atoms with Crippen LogP contribution < -0.4 is 5.32 Å². The summed E-state index contributed by atoms with van der Waals surface area (Å²) in [4.78, 5) is 23.1. The van der Waals surface area contributed by atoms with Crippen molar-refractivity contribution in [1.82, 2.24) is 15.1 Å². The summed E-state index contributed by atoms with van der Waals surface area (Å²) in [5, 5.41) is 16.1. The maximum atomic E-state index is 12.0. The van der Waals surface area contributed by atoms with E-state index in [2.05, 4.69) is 10.4 Å². The second-order valence-electron chi connectivity index (χ2n) is 5.27. The molecule has 8 heteroatoms. The lowest BCUT2D eigenvalue weighted by molar-refractivity contribution is -0.137. The van der Waals surface area contributed by atoms with E-state index in [1.165, 1.54) is 4.68 Å². The number of aromatic nitrogens is 2. The lowest BCUT2D eigenvalue weighted by Gasteiger charge is -2.17. The number of carbonyl (C=O) groups excluding carboxylic acids is 1. The number of hydrogen-bond acceptors (Lipinski definition) is 4. The molecule has 0 radical (unpaired) electrons. The first kappa shape index (κ1) is 17.8. The summed E-state index contributed by atoms with van der Waals surface area (Å²) in [6.07, 6.45) is -1.04. The first-order valence-corrected chi connectivity index (χ1v) is 7.64. The van der Waals surface area contributed by atoms with Crippen LogP contribution in [0.25, 0.3) is 0 Å². The molecular weight excluding hydrogens is 334 g/mol. The Kier molecular flexibility index (Phi) is 5.81. The van der Waals surface area contributed by atoms with Gasteiger partial charge in [-0.25, -0.2) is 4.79 Å². The Morgan fingerprint density at radius 3 is 2.58 bits per heavy atom. The first-order valence-electron chi connectivity index (χ1n) is 7.26. The predicted octanol–water partition coefficient (Wildman–Crippen LogP) is 2.82. The monoisotopic (exact) mass is 351 g/mol. The molecule has 2 rings (SSSR count). The highest BCUT2D eigenvalue weighted by atomic mass is 35.5. The standard InChI is InChI=1S/C16H18ClN3O4/c1-10-14(15(17)20(2)19-10)12(8-13(21)22)18-16(23)24-9-11-6-4-3-5-7-11/h3-7,12H,8-9H2,1-2H3,(H,18,23)(H,21,22)/t12-/m0/s1. The fourth-order valence-corrected chi connectivity index (χ4v) is 2.66. The summed E-state index contributed by atoms with van der Waals surface area (Å²) in [7, 11) is 1.64. The van der Waals surface area contributed by atoms with Crippen LogP contribution in [-0.4, -0.2) is 26.9 Å². The molecule has 1 aromatic heterocycles. The highest BCUT2D eigenvalue weighted by Gasteiger charge is 2.26. The average Bonchev–Trinajstić information content (AvgIpc) is 2.78. The molecule has 128 valence electrons. The highest BCUT2D eigenvalue weighted by Crippen LogP contribution is 2.28. The van der Waals surface area contributed by atoms with E-state index >= 15 is 0 Å². The Bertz CT molecular complexity index is 730. The van der Waals surface area contributed by atoms with Crippen LogP contribution in [0.2, 0.25) is 5.15 Å². The van der Waals surface area contributed by atoms with E-state index in [-0.39, 0.29) is 18.2 Å². The van der Waals surface area contributed by atoms with E-state index in [0.717, 1.165) is 5.56 Å². The van der Waals surface area contributed by atoms with Crippen LogP contribution in [0.4, 0.5) is 4.79 Å². The fourth-order valence-electron chi connectivity index (χ4n) is 2.35. The minimum atomic E-state index is -1.07. The number of rotatable bonds is 6. The third-order valence-electron chi connectivity index (χ3n) is 3.43. The largest absolute Gasteiger partial charge is 0.481 e. The molecule has 7 nitrogen and oxygen atoms in total. The topological polar surface area (TPSA) is 93.5 Å². The molecule has 2 N–H and O–H groups in total. The Hall–Kier alpha value is -2.54. The van der Waals surface area contributed by atoms with E-state index in [0.29, 0.717) is 11.3 Å². The van der Waals surface area contributed by atoms with Gasteiger partial charge in [-0.15, -0.1) is 0 Å².